The first-order valence-corrected chi connectivity index (χ1v) is 13.5. The zero-order chi connectivity index (χ0) is 31.0. The molecule has 2 aliphatic heterocycles. The van der Waals surface area contributed by atoms with Crippen LogP contribution < -0.4 is 20.9 Å². The van der Waals surface area contributed by atoms with Gasteiger partial charge < -0.3 is 25.8 Å². The topological polar surface area (TPSA) is 125 Å². The molecule has 3 heterocycles. The van der Waals surface area contributed by atoms with Crippen molar-refractivity contribution < 1.29 is 22.8 Å². The number of aromatic amines is 1. The summed E-state index contributed by atoms with van der Waals surface area (Å²) in [6.07, 6.45) is 0.0799. The Morgan fingerprint density at radius 1 is 1.09 bits per heavy atom. The third-order valence-corrected chi connectivity index (χ3v) is 7.11. The number of halogens is 3. The number of H-pyrrole nitrogens is 1. The van der Waals surface area contributed by atoms with Crippen molar-refractivity contribution >= 4 is 58.2 Å². The van der Waals surface area contributed by atoms with Gasteiger partial charge in [-0.15, -0.1) is 0 Å². The average Bonchev–Trinajstić information content (AvgIpc) is 3.71. The van der Waals surface area contributed by atoms with E-state index in [4.69, 9.17) is 5.26 Å². The van der Waals surface area contributed by atoms with Crippen LogP contribution in [0.4, 0.5) is 41.6 Å². The Bertz CT molecular complexity index is 1900. The molecule has 0 saturated carbocycles. The van der Waals surface area contributed by atoms with E-state index in [9.17, 15) is 22.8 Å². The number of carbonyl (C=O) groups excluding carboxylic acids is 2. The van der Waals surface area contributed by atoms with E-state index in [1.165, 1.54) is 12.4 Å². The molecule has 12 heteroatoms. The van der Waals surface area contributed by atoms with Crippen molar-refractivity contribution in [2.45, 2.75) is 19.1 Å². The van der Waals surface area contributed by atoms with Crippen LogP contribution in [0.5, 0.6) is 0 Å². The maximum Gasteiger partial charge on any atom is 0.416 e. The van der Waals surface area contributed by atoms with Gasteiger partial charge in [0.05, 0.1) is 34.8 Å². The molecule has 3 aromatic carbocycles. The number of aliphatic imine (C=N–C) groups is 1. The van der Waals surface area contributed by atoms with E-state index < -0.39 is 17.6 Å². The highest BCUT2D eigenvalue weighted by molar-refractivity contribution is 6.35. The molecule has 0 saturated heterocycles. The predicted molar refractivity (Wildman–Crippen MR) is 163 cm³/mol. The molecule has 0 bridgehead atoms. The quantitative estimate of drug-likeness (QED) is 0.186. The van der Waals surface area contributed by atoms with Crippen LogP contribution in [0, 0.1) is 11.3 Å². The minimum Gasteiger partial charge on any atom is -0.360 e. The zero-order valence-corrected chi connectivity index (χ0v) is 23.2. The Labute approximate surface area is 249 Å². The Morgan fingerprint density at radius 3 is 2.61 bits per heavy atom. The van der Waals surface area contributed by atoms with Gasteiger partial charge in [0, 0.05) is 52.3 Å². The first-order valence-electron chi connectivity index (χ1n) is 13.5. The number of hydrogen-bond donors (Lipinski definition) is 4. The van der Waals surface area contributed by atoms with Crippen molar-refractivity contribution in [1.82, 2.24) is 4.98 Å². The lowest BCUT2D eigenvalue weighted by atomic mass is 10.1. The molecular formula is C32H24F3N7O2. The fourth-order valence-electron chi connectivity index (χ4n) is 4.99. The Kier molecular flexibility index (Phi) is 7.14. The summed E-state index contributed by atoms with van der Waals surface area (Å²) in [4.78, 5) is 34.5. The summed E-state index contributed by atoms with van der Waals surface area (Å²) in [5, 5.41) is 17.8. The molecule has 0 fully saturated rings. The van der Waals surface area contributed by atoms with E-state index in [0.717, 1.165) is 12.1 Å². The number of fused-ring (bicyclic) bond motifs is 1. The van der Waals surface area contributed by atoms with Gasteiger partial charge in [-0.3, -0.25) is 14.6 Å². The van der Waals surface area contributed by atoms with Crippen LogP contribution in [0.1, 0.15) is 39.7 Å². The predicted octanol–water partition coefficient (Wildman–Crippen LogP) is 6.63. The molecule has 4 N–H and O–H groups in total. The lowest BCUT2D eigenvalue weighted by Gasteiger charge is -2.19. The number of nitriles is 1. The van der Waals surface area contributed by atoms with Gasteiger partial charge in [0.25, 0.3) is 11.8 Å². The molecule has 9 nitrogen and oxygen atoms in total. The number of alkyl halides is 3. The minimum atomic E-state index is -4.63. The molecular weight excluding hydrogens is 571 g/mol. The van der Waals surface area contributed by atoms with Gasteiger partial charge in [-0.25, -0.2) is 0 Å². The number of rotatable bonds is 6. The van der Waals surface area contributed by atoms with Gasteiger partial charge in [0.2, 0.25) is 0 Å². The normalized spacial score (nSPS) is 16.5. The summed E-state index contributed by atoms with van der Waals surface area (Å²) in [7, 11) is 0. The van der Waals surface area contributed by atoms with Gasteiger partial charge >= 0.3 is 6.18 Å². The first-order chi connectivity index (χ1) is 21.1. The number of hydrogen-bond acceptors (Lipinski definition) is 6. The molecule has 0 aliphatic carbocycles. The highest BCUT2D eigenvalue weighted by Crippen LogP contribution is 2.36. The number of anilines is 5. The monoisotopic (exact) mass is 595 g/mol. The summed E-state index contributed by atoms with van der Waals surface area (Å²) in [5.41, 5.74) is 3.63. The summed E-state index contributed by atoms with van der Waals surface area (Å²) in [5.74, 6) is -0.971. The third kappa shape index (κ3) is 5.89. The maximum atomic E-state index is 13.7. The van der Waals surface area contributed by atoms with Crippen LogP contribution >= 0.6 is 0 Å². The summed E-state index contributed by atoms with van der Waals surface area (Å²) >= 11 is 0. The number of aromatic nitrogens is 1. The molecule has 2 amide bonds. The van der Waals surface area contributed by atoms with E-state index in [-0.39, 0.29) is 23.2 Å². The molecule has 4 aromatic rings. The van der Waals surface area contributed by atoms with E-state index in [0.29, 0.717) is 51.7 Å². The molecule has 1 atom stereocenters. The fourth-order valence-corrected chi connectivity index (χ4v) is 4.99. The molecule has 1 unspecified atom stereocenters. The Morgan fingerprint density at radius 2 is 1.89 bits per heavy atom. The van der Waals surface area contributed by atoms with Crippen LogP contribution in [-0.4, -0.2) is 35.7 Å². The van der Waals surface area contributed by atoms with Gasteiger partial charge in [-0.1, -0.05) is 12.1 Å². The van der Waals surface area contributed by atoms with Crippen molar-refractivity contribution in [3.05, 3.63) is 101 Å². The molecule has 2 aliphatic rings. The van der Waals surface area contributed by atoms with E-state index in [2.05, 4.69) is 25.9 Å². The van der Waals surface area contributed by atoms with Crippen molar-refractivity contribution in [1.29, 1.82) is 5.26 Å². The second kappa shape index (κ2) is 11.1. The second-order valence-electron chi connectivity index (χ2n) is 10.4. The summed E-state index contributed by atoms with van der Waals surface area (Å²) < 4.78 is 41.0. The molecule has 44 heavy (non-hydrogen) atoms. The number of nitrogens with zero attached hydrogens (tertiary/aromatic N) is 3. The lowest BCUT2D eigenvalue weighted by Crippen LogP contribution is -2.23. The van der Waals surface area contributed by atoms with E-state index in [1.54, 1.807) is 65.7 Å². The van der Waals surface area contributed by atoms with Gasteiger partial charge in [0.1, 0.15) is 6.07 Å². The minimum absolute atomic E-state index is 0.0689. The van der Waals surface area contributed by atoms with Crippen molar-refractivity contribution in [3.63, 3.8) is 0 Å². The lowest BCUT2D eigenvalue weighted by molar-refractivity contribution is -0.137. The highest BCUT2D eigenvalue weighted by Gasteiger charge is 2.33. The van der Waals surface area contributed by atoms with Crippen LogP contribution in [0.25, 0.3) is 11.6 Å². The largest absolute Gasteiger partial charge is 0.416 e. The van der Waals surface area contributed by atoms with Crippen LogP contribution in [-0.2, 0) is 11.0 Å². The molecule has 0 radical (unpaired) electrons. The van der Waals surface area contributed by atoms with Crippen molar-refractivity contribution in [2.24, 2.45) is 4.99 Å². The molecule has 220 valence electrons. The fraction of sp³-hybridized carbons (Fsp3) is 0.125. The van der Waals surface area contributed by atoms with Crippen LogP contribution in [0.3, 0.4) is 0 Å². The standard InChI is InChI=1S/C32H24F3N7O2/c1-18-16-42(17-38-18)26-9-20(8-21(10-26)32(33,34)35)30(43)40-23-4-2-3-22(11-23)39-24-5-6-27-28(31(44)41-29(27)13-24)12-25-7-19(14-36)15-37-25/h2-13,15,17-18,37,39H,16H2,1H3,(H,40,43)(H,41,44)/b28-12-. The van der Waals surface area contributed by atoms with E-state index in [1.807, 2.05) is 13.0 Å². The van der Waals surface area contributed by atoms with Crippen molar-refractivity contribution in [2.75, 3.05) is 27.4 Å². The number of amides is 2. The maximum absolute atomic E-state index is 13.7. The molecule has 0 spiro atoms. The summed E-state index contributed by atoms with van der Waals surface area (Å²) in [6, 6.07) is 19.0. The number of nitrogens with one attached hydrogen (secondary N) is 4. The second-order valence-corrected chi connectivity index (χ2v) is 10.4. The van der Waals surface area contributed by atoms with Crippen molar-refractivity contribution in [3.8, 4) is 6.07 Å². The smallest absolute Gasteiger partial charge is 0.360 e. The SMILES string of the molecule is CC1CN(c2cc(C(=O)Nc3cccc(Nc4ccc5c(c4)NC(=O)/C5=C\c4cc(C#N)c[nH]4)c3)cc(C(F)(F)F)c2)C=N1. The summed E-state index contributed by atoms with van der Waals surface area (Å²) in [6.45, 7) is 2.26. The Hall–Kier alpha value is -5.83. The van der Waals surface area contributed by atoms with E-state index >= 15 is 0 Å². The van der Waals surface area contributed by atoms with Gasteiger partial charge in [-0.05, 0) is 67.6 Å². The third-order valence-electron chi connectivity index (χ3n) is 7.11. The highest BCUT2D eigenvalue weighted by atomic mass is 19.4. The van der Waals surface area contributed by atoms with Gasteiger partial charge in [0.15, 0.2) is 0 Å². The molecule has 1 aromatic heterocycles. The number of carbonyl (C=O) groups is 2. The Balaban J connectivity index is 1.19. The zero-order valence-electron chi connectivity index (χ0n) is 23.2. The first kappa shape index (κ1) is 28.3. The van der Waals surface area contributed by atoms with Gasteiger partial charge in [-0.2, -0.15) is 18.4 Å². The van der Waals surface area contributed by atoms with Crippen LogP contribution in [0.2, 0.25) is 0 Å². The number of benzene rings is 3. The molecule has 6 rings (SSSR count). The average molecular weight is 596 g/mol. The van der Waals surface area contributed by atoms with Crippen LogP contribution in [0.15, 0.2) is 77.9 Å².